The van der Waals surface area contributed by atoms with E-state index in [9.17, 15) is 4.79 Å². The van der Waals surface area contributed by atoms with E-state index in [0.717, 1.165) is 42.3 Å². The maximum atomic E-state index is 12.4. The van der Waals surface area contributed by atoms with Crippen LogP contribution in [-0.4, -0.2) is 47.0 Å². The molecule has 1 atom stereocenters. The Morgan fingerprint density at radius 3 is 2.96 bits per heavy atom. The third-order valence-corrected chi connectivity index (χ3v) is 4.86. The lowest BCUT2D eigenvalue weighted by Crippen LogP contribution is -2.47. The molecule has 1 fully saturated rings. The minimum absolute atomic E-state index is 0. The standard InChI is InChI=1S/C16H20N4OS.2ClH/c1-17-12-5-4-8-20(10-12)15(21)9-13-11-22-16(19-13)14-6-2-3-7-18-14;;/h2-3,6-7,11-12,17H,4-5,8-10H2,1H3;2*1H. The van der Waals surface area contributed by atoms with Crippen LogP contribution in [0.4, 0.5) is 0 Å². The monoisotopic (exact) mass is 388 g/mol. The Bertz CT molecular complexity index is 638. The Balaban J connectivity index is 0.00000144. The smallest absolute Gasteiger partial charge is 0.228 e. The van der Waals surface area contributed by atoms with E-state index in [1.54, 1.807) is 6.20 Å². The van der Waals surface area contributed by atoms with Gasteiger partial charge in [0.25, 0.3) is 0 Å². The van der Waals surface area contributed by atoms with Crippen molar-refractivity contribution in [1.29, 1.82) is 0 Å². The van der Waals surface area contributed by atoms with E-state index in [0.29, 0.717) is 12.5 Å². The number of thiazole rings is 1. The lowest BCUT2D eigenvalue weighted by atomic mass is 10.1. The third-order valence-electron chi connectivity index (χ3n) is 3.95. The number of likely N-dealkylation sites (tertiary alicyclic amines) is 1. The van der Waals surface area contributed by atoms with Gasteiger partial charge in [0.1, 0.15) is 5.01 Å². The van der Waals surface area contributed by atoms with E-state index in [2.05, 4.69) is 15.3 Å². The van der Waals surface area contributed by atoms with Gasteiger partial charge in [-0.15, -0.1) is 36.2 Å². The predicted molar refractivity (Wildman–Crippen MR) is 102 cm³/mol. The number of carbonyl (C=O) groups is 1. The second-order valence-electron chi connectivity index (χ2n) is 5.50. The van der Waals surface area contributed by atoms with Crippen molar-refractivity contribution in [3.05, 3.63) is 35.5 Å². The zero-order chi connectivity index (χ0) is 15.4. The largest absolute Gasteiger partial charge is 0.341 e. The fourth-order valence-corrected chi connectivity index (χ4v) is 3.50. The van der Waals surface area contributed by atoms with E-state index in [1.807, 2.05) is 35.5 Å². The van der Waals surface area contributed by atoms with Gasteiger partial charge in [0.05, 0.1) is 17.8 Å². The van der Waals surface area contributed by atoms with Gasteiger partial charge < -0.3 is 10.2 Å². The number of hydrogen-bond acceptors (Lipinski definition) is 5. The van der Waals surface area contributed by atoms with Crippen LogP contribution in [-0.2, 0) is 11.2 Å². The van der Waals surface area contributed by atoms with Crippen molar-refractivity contribution in [3.8, 4) is 10.7 Å². The van der Waals surface area contributed by atoms with E-state index in [4.69, 9.17) is 0 Å². The molecule has 1 aliphatic rings. The number of likely N-dealkylation sites (N-methyl/N-ethyl adjacent to an activating group) is 1. The first kappa shape index (κ1) is 20.8. The molecule has 132 valence electrons. The fourth-order valence-electron chi connectivity index (χ4n) is 2.70. The molecule has 3 rings (SSSR count). The molecular weight excluding hydrogens is 367 g/mol. The summed E-state index contributed by atoms with van der Waals surface area (Å²) in [5.74, 6) is 0.165. The van der Waals surface area contributed by atoms with Crippen LogP contribution in [0.5, 0.6) is 0 Å². The summed E-state index contributed by atoms with van der Waals surface area (Å²) in [6.07, 6.45) is 4.33. The van der Waals surface area contributed by atoms with Gasteiger partial charge >= 0.3 is 0 Å². The maximum absolute atomic E-state index is 12.4. The Hall–Kier alpha value is -1.21. The molecule has 1 amide bonds. The second-order valence-corrected chi connectivity index (χ2v) is 6.36. The summed E-state index contributed by atoms with van der Waals surface area (Å²) in [6.45, 7) is 1.65. The highest BCUT2D eigenvalue weighted by Gasteiger charge is 2.23. The van der Waals surface area contributed by atoms with Gasteiger partial charge in [-0.2, -0.15) is 0 Å². The van der Waals surface area contributed by atoms with Gasteiger partial charge in [-0.05, 0) is 32.0 Å². The summed E-state index contributed by atoms with van der Waals surface area (Å²) < 4.78 is 0. The van der Waals surface area contributed by atoms with Crippen LogP contribution in [0.3, 0.4) is 0 Å². The first-order valence-corrected chi connectivity index (χ1v) is 8.45. The highest BCUT2D eigenvalue weighted by Crippen LogP contribution is 2.22. The normalized spacial score (nSPS) is 16.9. The second kappa shape index (κ2) is 9.93. The van der Waals surface area contributed by atoms with Crippen LogP contribution in [0.2, 0.25) is 0 Å². The summed E-state index contributed by atoms with van der Waals surface area (Å²) in [6, 6.07) is 6.18. The van der Waals surface area contributed by atoms with Crippen molar-refractivity contribution in [2.45, 2.75) is 25.3 Å². The zero-order valence-corrected chi connectivity index (χ0v) is 15.9. The Morgan fingerprint density at radius 2 is 2.25 bits per heavy atom. The molecule has 0 radical (unpaired) electrons. The molecule has 8 heteroatoms. The molecule has 2 aromatic heterocycles. The van der Waals surface area contributed by atoms with Gasteiger partial charge in [0.2, 0.25) is 5.91 Å². The highest BCUT2D eigenvalue weighted by atomic mass is 35.5. The molecule has 1 N–H and O–H groups in total. The number of carbonyl (C=O) groups excluding carboxylic acids is 1. The first-order valence-electron chi connectivity index (χ1n) is 7.57. The van der Waals surface area contributed by atoms with Crippen LogP contribution in [0.25, 0.3) is 10.7 Å². The van der Waals surface area contributed by atoms with Crippen molar-refractivity contribution < 1.29 is 4.79 Å². The molecule has 3 heterocycles. The quantitative estimate of drug-likeness (QED) is 0.874. The van der Waals surface area contributed by atoms with E-state index >= 15 is 0 Å². The Morgan fingerprint density at radius 1 is 1.42 bits per heavy atom. The minimum Gasteiger partial charge on any atom is -0.341 e. The number of nitrogens with one attached hydrogen (secondary N) is 1. The number of amides is 1. The number of piperidine rings is 1. The minimum atomic E-state index is 0. The summed E-state index contributed by atoms with van der Waals surface area (Å²) in [5.41, 5.74) is 1.70. The van der Waals surface area contributed by atoms with Gasteiger partial charge in [0, 0.05) is 30.7 Å². The lowest BCUT2D eigenvalue weighted by Gasteiger charge is -2.32. The van der Waals surface area contributed by atoms with E-state index in [1.165, 1.54) is 11.3 Å². The third kappa shape index (κ3) is 5.14. The molecule has 1 aliphatic heterocycles. The summed E-state index contributed by atoms with van der Waals surface area (Å²) >= 11 is 1.54. The van der Waals surface area contributed by atoms with Crippen LogP contribution in [0.1, 0.15) is 18.5 Å². The topological polar surface area (TPSA) is 58.1 Å². The molecule has 1 unspecified atom stereocenters. The van der Waals surface area contributed by atoms with Crippen LogP contribution >= 0.6 is 36.2 Å². The average molecular weight is 389 g/mol. The zero-order valence-electron chi connectivity index (χ0n) is 13.5. The summed E-state index contributed by atoms with van der Waals surface area (Å²) in [7, 11) is 1.96. The molecule has 0 aromatic carbocycles. The average Bonchev–Trinajstić information content (AvgIpc) is 3.04. The number of pyridine rings is 1. The SMILES string of the molecule is CNC1CCCN(C(=O)Cc2csc(-c3ccccn3)n2)C1.Cl.Cl. The van der Waals surface area contributed by atoms with Gasteiger partial charge in [0.15, 0.2) is 0 Å². The molecule has 5 nitrogen and oxygen atoms in total. The van der Waals surface area contributed by atoms with Crippen molar-refractivity contribution in [2.24, 2.45) is 0 Å². The van der Waals surface area contributed by atoms with E-state index in [-0.39, 0.29) is 30.7 Å². The molecule has 0 aliphatic carbocycles. The molecular formula is C16H22Cl2N4OS. The Labute approximate surface area is 158 Å². The molecule has 0 spiro atoms. The van der Waals surface area contributed by atoms with Crippen molar-refractivity contribution in [2.75, 3.05) is 20.1 Å². The van der Waals surface area contributed by atoms with Gasteiger partial charge in [-0.1, -0.05) is 6.07 Å². The number of aromatic nitrogens is 2. The molecule has 0 saturated carbocycles. The summed E-state index contributed by atoms with van der Waals surface area (Å²) in [5, 5.41) is 6.09. The van der Waals surface area contributed by atoms with Crippen molar-refractivity contribution in [3.63, 3.8) is 0 Å². The number of halogens is 2. The molecule has 1 saturated heterocycles. The van der Waals surface area contributed by atoms with E-state index < -0.39 is 0 Å². The van der Waals surface area contributed by atoms with Gasteiger partial charge in [-0.3, -0.25) is 9.78 Å². The van der Waals surface area contributed by atoms with Crippen LogP contribution < -0.4 is 5.32 Å². The lowest BCUT2D eigenvalue weighted by molar-refractivity contribution is -0.131. The van der Waals surface area contributed by atoms with Gasteiger partial charge in [-0.25, -0.2) is 4.98 Å². The van der Waals surface area contributed by atoms with Crippen molar-refractivity contribution in [1.82, 2.24) is 20.2 Å². The number of nitrogens with zero attached hydrogens (tertiary/aromatic N) is 3. The molecule has 2 aromatic rings. The first-order chi connectivity index (χ1) is 10.8. The van der Waals surface area contributed by atoms with Crippen molar-refractivity contribution >= 4 is 42.1 Å². The van der Waals surface area contributed by atoms with Crippen LogP contribution in [0.15, 0.2) is 29.8 Å². The highest BCUT2D eigenvalue weighted by molar-refractivity contribution is 7.13. The predicted octanol–water partition coefficient (Wildman–Crippen LogP) is 2.80. The maximum Gasteiger partial charge on any atom is 0.228 e. The molecule has 24 heavy (non-hydrogen) atoms. The number of hydrogen-bond donors (Lipinski definition) is 1. The Kier molecular flexibility index (Phi) is 8.62. The molecule has 0 bridgehead atoms. The fraction of sp³-hybridized carbons (Fsp3) is 0.438. The number of rotatable bonds is 4. The summed E-state index contributed by atoms with van der Waals surface area (Å²) in [4.78, 5) is 23.2. The van der Waals surface area contributed by atoms with Crippen LogP contribution in [0, 0.1) is 0 Å².